The van der Waals surface area contributed by atoms with Gasteiger partial charge in [0.25, 0.3) is 0 Å². The molecule has 5 rings (SSSR count). The van der Waals surface area contributed by atoms with Crippen molar-refractivity contribution in [3.8, 4) is 0 Å². The normalized spacial score (nSPS) is 45.0. The largest absolute Gasteiger partial charge is 0.462 e. The maximum Gasteiger partial charge on any atom is 0.309 e. The summed E-state index contributed by atoms with van der Waals surface area (Å²) >= 11 is 0. The molecular formula is C26H38O3. The van der Waals surface area contributed by atoms with Crippen LogP contribution in [0, 0.1) is 34.5 Å². The second-order valence-corrected chi connectivity index (χ2v) is 11.4. The fourth-order valence-corrected chi connectivity index (χ4v) is 8.28. The van der Waals surface area contributed by atoms with Crippen molar-refractivity contribution >= 4 is 11.8 Å². The lowest BCUT2D eigenvalue weighted by Gasteiger charge is -2.57. The molecule has 0 aliphatic heterocycles. The minimum absolute atomic E-state index is 0.102. The van der Waals surface area contributed by atoms with E-state index >= 15 is 0 Å². The topological polar surface area (TPSA) is 43.4 Å². The van der Waals surface area contributed by atoms with Crippen molar-refractivity contribution in [1.29, 1.82) is 0 Å². The highest BCUT2D eigenvalue weighted by molar-refractivity contribution is 5.91. The molecule has 5 aliphatic rings. The van der Waals surface area contributed by atoms with Gasteiger partial charge in [-0.3, -0.25) is 9.59 Å². The van der Waals surface area contributed by atoms with Crippen LogP contribution in [0.3, 0.4) is 0 Å². The average Bonchev–Trinajstić information content (AvgIpc) is 3.05. The number of carbonyl (C=O) groups is 2. The Labute approximate surface area is 176 Å². The first-order chi connectivity index (χ1) is 13.9. The van der Waals surface area contributed by atoms with Crippen LogP contribution in [0.5, 0.6) is 0 Å². The summed E-state index contributed by atoms with van der Waals surface area (Å²) in [6.45, 7) is 4.87. The second kappa shape index (κ2) is 7.24. The molecule has 0 N–H and O–H groups in total. The molecule has 0 heterocycles. The molecule has 4 saturated carbocycles. The summed E-state index contributed by atoms with van der Waals surface area (Å²) in [6.07, 6.45) is 16.6. The van der Waals surface area contributed by atoms with Crippen LogP contribution in [0.15, 0.2) is 11.6 Å². The predicted octanol–water partition coefficient (Wildman–Crippen LogP) is 6.01. The minimum atomic E-state index is 0.102. The van der Waals surface area contributed by atoms with Crippen LogP contribution in [-0.2, 0) is 14.3 Å². The third kappa shape index (κ3) is 3.13. The molecule has 0 aromatic carbocycles. The van der Waals surface area contributed by atoms with Crippen LogP contribution in [-0.4, -0.2) is 17.9 Å². The average molecular weight is 399 g/mol. The van der Waals surface area contributed by atoms with Crippen LogP contribution < -0.4 is 0 Å². The van der Waals surface area contributed by atoms with Crippen LogP contribution in [0.2, 0.25) is 0 Å². The van der Waals surface area contributed by atoms with E-state index in [1.807, 2.05) is 6.08 Å². The fourth-order valence-electron chi connectivity index (χ4n) is 8.28. The van der Waals surface area contributed by atoms with Gasteiger partial charge in [-0.1, -0.05) is 38.7 Å². The van der Waals surface area contributed by atoms with Gasteiger partial charge in [0.05, 0.1) is 5.92 Å². The quantitative estimate of drug-likeness (QED) is 0.535. The first kappa shape index (κ1) is 19.8. The minimum Gasteiger partial charge on any atom is -0.462 e. The van der Waals surface area contributed by atoms with Gasteiger partial charge in [0.1, 0.15) is 6.10 Å². The highest BCUT2D eigenvalue weighted by Crippen LogP contribution is 2.65. The lowest BCUT2D eigenvalue weighted by atomic mass is 9.47. The number of fused-ring (bicyclic) bond motifs is 5. The predicted molar refractivity (Wildman–Crippen MR) is 113 cm³/mol. The third-order valence-electron chi connectivity index (χ3n) is 10.1. The number of allylic oxidation sites excluding steroid dienone is 1. The number of hydrogen-bond donors (Lipinski definition) is 0. The lowest BCUT2D eigenvalue weighted by molar-refractivity contribution is -0.165. The molecule has 0 unspecified atom stereocenters. The maximum absolute atomic E-state index is 12.9. The highest BCUT2D eigenvalue weighted by Gasteiger charge is 2.60. The van der Waals surface area contributed by atoms with Gasteiger partial charge >= 0.3 is 5.97 Å². The zero-order valence-corrected chi connectivity index (χ0v) is 18.4. The standard InChI is InChI=1S/C26H38O3/c1-25-14-12-19(27)16-18(25)8-9-20-21-10-11-23(26(21,2)15-13-22(20)25)29-24(28)17-6-4-3-5-7-17/h16-17,20-23H,3-15H2,1-2H3/t20-,21-,22-,23+,25-,26-/m0/s1. The van der Waals surface area contributed by atoms with Crippen molar-refractivity contribution in [1.82, 2.24) is 0 Å². The molecule has 0 spiro atoms. The lowest BCUT2D eigenvalue weighted by Crippen LogP contribution is -2.51. The molecule has 160 valence electrons. The monoisotopic (exact) mass is 398 g/mol. The van der Waals surface area contributed by atoms with Crippen molar-refractivity contribution in [3.05, 3.63) is 11.6 Å². The number of hydrogen-bond acceptors (Lipinski definition) is 3. The summed E-state index contributed by atoms with van der Waals surface area (Å²) in [6, 6.07) is 0. The first-order valence-electron chi connectivity index (χ1n) is 12.4. The van der Waals surface area contributed by atoms with Crippen molar-refractivity contribution in [2.24, 2.45) is 34.5 Å². The summed E-state index contributed by atoms with van der Waals surface area (Å²) in [7, 11) is 0. The van der Waals surface area contributed by atoms with Gasteiger partial charge in [-0.05, 0) is 87.0 Å². The van der Waals surface area contributed by atoms with Crippen LogP contribution in [0.4, 0.5) is 0 Å². The fraction of sp³-hybridized carbons (Fsp3) is 0.846. The van der Waals surface area contributed by atoms with Crippen LogP contribution >= 0.6 is 0 Å². The van der Waals surface area contributed by atoms with Crippen LogP contribution in [0.1, 0.15) is 97.3 Å². The molecule has 4 fully saturated rings. The molecule has 6 atom stereocenters. The number of ketones is 1. The number of rotatable bonds is 2. The van der Waals surface area contributed by atoms with Crippen molar-refractivity contribution in [3.63, 3.8) is 0 Å². The van der Waals surface area contributed by atoms with Gasteiger partial charge in [0.15, 0.2) is 5.78 Å². The molecule has 29 heavy (non-hydrogen) atoms. The van der Waals surface area contributed by atoms with Gasteiger partial charge in [-0.25, -0.2) is 0 Å². The summed E-state index contributed by atoms with van der Waals surface area (Å²) in [5.41, 5.74) is 1.83. The zero-order valence-electron chi connectivity index (χ0n) is 18.4. The zero-order chi connectivity index (χ0) is 20.2. The van der Waals surface area contributed by atoms with E-state index in [1.165, 1.54) is 50.5 Å². The molecule has 0 aromatic rings. The Hall–Kier alpha value is -1.12. The third-order valence-corrected chi connectivity index (χ3v) is 10.1. The Morgan fingerprint density at radius 3 is 2.52 bits per heavy atom. The number of carbonyl (C=O) groups excluding carboxylic acids is 2. The highest BCUT2D eigenvalue weighted by atomic mass is 16.5. The maximum atomic E-state index is 12.9. The van der Waals surface area contributed by atoms with E-state index in [1.54, 1.807) is 0 Å². The number of ether oxygens (including phenoxy) is 1. The Morgan fingerprint density at radius 2 is 1.72 bits per heavy atom. The number of esters is 1. The van der Waals surface area contributed by atoms with Crippen molar-refractivity contribution < 1.29 is 14.3 Å². The van der Waals surface area contributed by atoms with E-state index in [2.05, 4.69) is 13.8 Å². The van der Waals surface area contributed by atoms with E-state index in [0.717, 1.165) is 44.4 Å². The van der Waals surface area contributed by atoms with Gasteiger partial charge in [0, 0.05) is 11.8 Å². The summed E-state index contributed by atoms with van der Waals surface area (Å²) in [5.74, 6) is 2.73. The summed E-state index contributed by atoms with van der Waals surface area (Å²) in [5, 5.41) is 0. The van der Waals surface area contributed by atoms with Crippen LogP contribution in [0.25, 0.3) is 0 Å². The Morgan fingerprint density at radius 1 is 0.931 bits per heavy atom. The molecular weight excluding hydrogens is 360 g/mol. The first-order valence-corrected chi connectivity index (χ1v) is 12.4. The molecule has 0 bridgehead atoms. The van der Waals surface area contributed by atoms with E-state index in [0.29, 0.717) is 17.6 Å². The van der Waals surface area contributed by atoms with Crippen molar-refractivity contribution in [2.45, 2.75) is 103 Å². The van der Waals surface area contributed by atoms with E-state index in [9.17, 15) is 9.59 Å². The Kier molecular flexibility index (Phi) is 4.95. The second-order valence-electron chi connectivity index (χ2n) is 11.4. The van der Waals surface area contributed by atoms with E-state index in [4.69, 9.17) is 4.74 Å². The summed E-state index contributed by atoms with van der Waals surface area (Å²) in [4.78, 5) is 24.9. The molecule has 3 heteroatoms. The molecule has 5 aliphatic carbocycles. The molecule has 0 saturated heterocycles. The van der Waals surface area contributed by atoms with Crippen molar-refractivity contribution in [2.75, 3.05) is 0 Å². The molecule has 0 aromatic heterocycles. The Balaban J connectivity index is 1.32. The summed E-state index contributed by atoms with van der Waals surface area (Å²) < 4.78 is 6.25. The molecule has 0 radical (unpaired) electrons. The molecule has 0 amide bonds. The van der Waals surface area contributed by atoms with E-state index < -0.39 is 0 Å². The molecule has 3 nitrogen and oxygen atoms in total. The van der Waals surface area contributed by atoms with E-state index in [-0.39, 0.29) is 28.8 Å². The Bertz CT molecular complexity index is 717. The SMILES string of the molecule is C[C@]12CC[C@H]3[C@@H](CCC4=CC(=O)CC[C@@]43C)[C@@H]1CC[C@H]2OC(=O)C1CCCCC1. The van der Waals surface area contributed by atoms with Gasteiger partial charge in [-0.15, -0.1) is 0 Å². The van der Waals surface area contributed by atoms with Gasteiger partial charge < -0.3 is 4.74 Å². The smallest absolute Gasteiger partial charge is 0.309 e. The van der Waals surface area contributed by atoms with Gasteiger partial charge in [0.2, 0.25) is 0 Å². The van der Waals surface area contributed by atoms with Gasteiger partial charge in [-0.2, -0.15) is 0 Å².